The van der Waals surface area contributed by atoms with E-state index < -0.39 is 17.6 Å². The van der Waals surface area contributed by atoms with Gasteiger partial charge in [-0.15, -0.1) is 0 Å². The van der Waals surface area contributed by atoms with Crippen LogP contribution in [-0.4, -0.2) is 17.1 Å². The topological polar surface area (TPSA) is 70.6 Å². The van der Waals surface area contributed by atoms with Gasteiger partial charge in [0.2, 0.25) is 0 Å². The molecule has 0 fully saturated rings. The van der Waals surface area contributed by atoms with Crippen LogP contribution in [0, 0.1) is 5.82 Å². The molecule has 0 aromatic heterocycles. The van der Waals surface area contributed by atoms with E-state index in [1.807, 2.05) is 0 Å². The number of anilines is 1. The molecule has 1 atom stereocenters. The third kappa shape index (κ3) is 4.29. The van der Waals surface area contributed by atoms with Gasteiger partial charge in [0.1, 0.15) is 11.7 Å². The van der Waals surface area contributed by atoms with Gasteiger partial charge in [-0.3, -0.25) is 0 Å². The van der Waals surface area contributed by atoms with Gasteiger partial charge in [0, 0.05) is 18.2 Å². The van der Waals surface area contributed by atoms with Gasteiger partial charge in [0.15, 0.2) is 0 Å². The molecule has 20 heavy (non-hydrogen) atoms. The summed E-state index contributed by atoms with van der Waals surface area (Å²) >= 11 is 0. The molecule has 4 nitrogen and oxygen atoms in total. The van der Waals surface area contributed by atoms with Crippen LogP contribution in [-0.2, 0) is 6.18 Å². The van der Waals surface area contributed by atoms with Crippen LogP contribution < -0.4 is 11.1 Å². The largest absolute Gasteiger partial charge is 0.419 e. The van der Waals surface area contributed by atoms with Crippen molar-refractivity contribution in [2.24, 2.45) is 10.9 Å². The second-order valence-electron chi connectivity index (χ2n) is 4.24. The molecule has 1 rings (SSSR count). The quantitative estimate of drug-likeness (QED) is 0.257. The second kappa shape index (κ2) is 6.44. The highest BCUT2D eigenvalue weighted by Crippen LogP contribution is 2.33. The van der Waals surface area contributed by atoms with E-state index in [0.29, 0.717) is 12.5 Å². The molecule has 1 aromatic rings. The number of rotatable bonds is 5. The Hall–Kier alpha value is -1.99. The first kappa shape index (κ1) is 16.1. The molecule has 0 radical (unpaired) electrons. The van der Waals surface area contributed by atoms with Crippen molar-refractivity contribution < 1.29 is 22.8 Å². The first-order valence-electron chi connectivity index (χ1n) is 5.87. The molecular formula is C12H15F4N3O. The predicted octanol–water partition coefficient (Wildman–Crippen LogP) is 3.17. The summed E-state index contributed by atoms with van der Waals surface area (Å²) in [6, 6.07) is 2.34. The number of nitrogens with one attached hydrogen (secondary N) is 1. The Morgan fingerprint density at radius 1 is 1.45 bits per heavy atom. The molecule has 0 saturated heterocycles. The van der Waals surface area contributed by atoms with Gasteiger partial charge in [0.25, 0.3) is 0 Å². The van der Waals surface area contributed by atoms with Crippen LogP contribution in [0.3, 0.4) is 0 Å². The number of nitrogens with zero attached hydrogens (tertiary/aromatic N) is 1. The van der Waals surface area contributed by atoms with Crippen molar-refractivity contribution in [3.05, 3.63) is 29.6 Å². The van der Waals surface area contributed by atoms with Crippen molar-refractivity contribution >= 4 is 11.5 Å². The van der Waals surface area contributed by atoms with E-state index in [-0.39, 0.29) is 24.0 Å². The zero-order chi connectivity index (χ0) is 15.3. The maximum Gasteiger partial charge on any atom is 0.419 e. The van der Waals surface area contributed by atoms with E-state index in [0.717, 1.165) is 6.07 Å². The molecule has 0 heterocycles. The Morgan fingerprint density at radius 2 is 2.10 bits per heavy atom. The molecule has 0 aliphatic rings. The highest BCUT2D eigenvalue weighted by molar-refractivity contribution is 5.80. The lowest BCUT2D eigenvalue weighted by molar-refractivity contribution is -0.139. The highest BCUT2D eigenvalue weighted by Gasteiger charge is 2.34. The van der Waals surface area contributed by atoms with Crippen LogP contribution in [0.25, 0.3) is 0 Å². The fraction of sp³-hybridized carbons (Fsp3) is 0.417. The molecule has 4 N–H and O–H groups in total. The summed E-state index contributed by atoms with van der Waals surface area (Å²) in [7, 11) is 0. The van der Waals surface area contributed by atoms with E-state index in [2.05, 4.69) is 10.5 Å². The summed E-state index contributed by atoms with van der Waals surface area (Å²) in [6.07, 6.45) is -4.06. The summed E-state index contributed by atoms with van der Waals surface area (Å²) in [5, 5.41) is 14.1. The number of amidine groups is 1. The predicted molar refractivity (Wildman–Crippen MR) is 67.1 cm³/mol. The third-order valence-corrected chi connectivity index (χ3v) is 2.72. The molecule has 0 amide bonds. The SMILES string of the molecule is CCC(CC(N)=NO)Nc1ccc(F)c(C(F)(F)F)c1. The molecule has 0 aliphatic heterocycles. The molecule has 0 saturated carbocycles. The Bertz CT molecular complexity index is 488. The van der Waals surface area contributed by atoms with Gasteiger partial charge in [0.05, 0.1) is 5.56 Å². The Labute approximate surface area is 113 Å². The Balaban J connectivity index is 2.92. The van der Waals surface area contributed by atoms with E-state index in [1.54, 1.807) is 6.92 Å². The molecule has 0 spiro atoms. The van der Waals surface area contributed by atoms with Crippen LogP contribution in [0.4, 0.5) is 23.2 Å². The van der Waals surface area contributed by atoms with Crippen molar-refractivity contribution in [1.82, 2.24) is 0 Å². The minimum Gasteiger partial charge on any atom is -0.409 e. The van der Waals surface area contributed by atoms with Gasteiger partial charge in [-0.25, -0.2) is 4.39 Å². The molecule has 112 valence electrons. The van der Waals surface area contributed by atoms with Crippen molar-refractivity contribution in [3.8, 4) is 0 Å². The lowest BCUT2D eigenvalue weighted by Gasteiger charge is -2.18. The molecule has 0 bridgehead atoms. The van der Waals surface area contributed by atoms with Crippen molar-refractivity contribution in [3.63, 3.8) is 0 Å². The standard InChI is InChI=1S/C12H15F4N3O/c1-2-7(6-11(17)19-20)18-8-3-4-10(13)9(5-8)12(14,15)16/h3-5,7,18,20H,2,6H2,1H3,(H2,17,19). The number of hydrogen-bond acceptors (Lipinski definition) is 3. The van der Waals surface area contributed by atoms with E-state index >= 15 is 0 Å². The summed E-state index contributed by atoms with van der Waals surface area (Å²) in [5.41, 5.74) is 4.14. The maximum absolute atomic E-state index is 13.1. The summed E-state index contributed by atoms with van der Waals surface area (Å²) < 4.78 is 50.8. The van der Waals surface area contributed by atoms with Gasteiger partial charge in [-0.2, -0.15) is 13.2 Å². The normalized spacial score (nSPS) is 14.2. The van der Waals surface area contributed by atoms with Gasteiger partial charge >= 0.3 is 6.18 Å². The minimum atomic E-state index is -4.75. The third-order valence-electron chi connectivity index (χ3n) is 2.72. The molecular weight excluding hydrogens is 278 g/mol. The monoisotopic (exact) mass is 293 g/mol. The van der Waals surface area contributed by atoms with Crippen molar-refractivity contribution in [2.45, 2.75) is 32.0 Å². The van der Waals surface area contributed by atoms with Gasteiger partial charge in [-0.05, 0) is 24.6 Å². The van der Waals surface area contributed by atoms with Crippen LogP contribution in [0.15, 0.2) is 23.4 Å². The Kier molecular flexibility index (Phi) is 5.18. The fourth-order valence-electron chi connectivity index (χ4n) is 1.66. The summed E-state index contributed by atoms with van der Waals surface area (Å²) in [5.74, 6) is -1.37. The average Bonchev–Trinajstić information content (AvgIpc) is 2.38. The zero-order valence-corrected chi connectivity index (χ0v) is 10.7. The van der Waals surface area contributed by atoms with Crippen LogP contribution >= 0.6 is 0 Å². The number of hydrogen-bond donors (Lipinski definition) is 3. The van der Waals surface area contributed by atoms with E-state index in [1.165, 1.54) is 6.07 Å². The number of oxime groups is 1. The van der Waals surface area contributed by atoms with Crippen LogP contribution in [0.2, 0.25) is 0 Å². The fourth-order valence-corrected chi connectivity index (χ4v) is 1.66. The zero-order valence-electron chi connectivity index (χ0n) is 10.7. The summed E-state index contributed by atoms with van der Waals surface area (Å²) in [6.45, 7) is 1.79. The molecule has 1 aromatic carbocycles. The number of halogens is 4. The van der Waals surface area contributed by atoms with Crippen LogP contribution in [0.5, 0.6) is 0 Å². The van der Waals surface area contributed by atoms with Gasteiger partial charge < -0.3 is 16.3 Å². The van der Waals surface area contributed by atoms with E-state index in [9.17, 15) is 17.6 Å². The maximum atomic E-state index is 13.1. The lowest BCUT2D eigenvalue weighted by Crippen LogP contribution is -2.26. The number of nitrogens with two attached hydrogens (primary N) is 1. The molecule has 1 unspecified atom stereocenters. The van der Waals surface area contributed by atoms with E-state index in [4.69, 9.17) is 10.9 Å². The van der Waals surface area contributed by atoms with Crippen LogP contribution in [0.1, 0.15) is 25.3 Å². The lowest BCUT2D eigenvalue weighted by atomic mass is 10.1. The molecule has 0 aliphatic carbocycles. The summed E-state index contributed by atoms with van der Waals surface area (Å²) in [4.78, 5) is 0. The van der Waals surface area contributed by atoms with Crippen molar-refractivity contribution in [2.75, 3.05) is 5.32 Å². The minimum absolute atomic E-state index is 0.0393. The average molecular weight is 293 g/mol. The Morgan fingerprint density at radius 3 is 2.60 bits per heavy atom. The van der Waals surface area contributed by atoms with Crippen molar-refractivity contribution in [1.29, 1.82) is 0 Å². The number of benzene rings is 1. The first-order chi connectivity index (χ1) is 9.27. The first-order valence-corrected chi connectivity index (χ1v) is 5.87. The molecule has 8 heteroatoms. The van der Waals surface area contributed by atoms with Gasteiger partial charge in [-0.1, -0.05) is 12.1 Å². The number of alkyl halides is 3. The smallest absolute Gasteiger partial charge is 0.409 e. The second-order valence-corrected chi connectivity index (χ2v) is 4.24. The highest BCUT2D eigenvalue weighted by atomic mass is 19.4.